The van der Waals surface area contributed by atoms with Gasteiger partial charge in [0.05, 0.1) is 11.0 Å². The van der Waals surface area contributed by atoms with Gasteiger partial charge in [-0.25, -0.2) is 9.98 Å². The fourth-order valence-corrected chi connectivity index (χ4v) is 4.43. The van der Waals surface area contributed by atoms with E-state index in [1.54, 1.807) is 0 Å². The van der Waals surface area contributed by atoms with E-state index in [4.69, 9.17) is 15.7 Å². The third-order valence-corrected chi connectivity index (χ3v) is 6.35. The molecule has 5 heteroatoms. The lowest BCUT2D eigenvalue weighted by Crippen LogP contribution is -2.45. The lowest BCUT2D eigenvalue weighted by atomic mass is 9.67. The molecule has 0 saturated heterocycles. The maximum absolute atomic E-state index is 6.11. The minimum absolute atomic E-state index is 0.277. The van der Waals surface area contributed by atoms with E-state index in [1.165, 1.54) is 19.3 Å². The molecule has 1 fully saturated rings. The molecular weight excluding hydrogens is 298 g/mol. The van der Waals surface area contributed by atoms with Crippen LogP contribution in [0.1, 0.15) is 52.9 Å². The van der Waals surface area contributed by atoms with E-state index in [0.717, 1.165) is 35.7 Å². The summed E-state index contributed by atoms with van der Waals surface area (Å²) in [7, 11) is 0. The predicted octanol–water partition coefficient (Wildman–Crippen LogP) is 4.06. The normalized spacial score (nSPS) is 27.0. The van der Waals surface area contributed by atoms with Crippen molar-refractivity contribution in [1.82, 2.24) is 9.55 Å². The predicted molar refractivity (Wildman–Crippen MR) is 99.0 cm³/mol. The number of hydrogen-bond acceptors (Lipinski definition) is 4. The number of para-hydroxylation sites is 2. The van der Waals surface area contributed by atoms with Crippen LogP contribution in [0, 0.1) is 11.3 Å². The van der Waals surface area contributed by atoms with E-state index in [1.807, 2.05) is 6.07 Å². The molecule has 4 rings (SSSR count). The highest BCUT2D eigenvalue weighted by Crippen LogP contribution is 2.49. The van der Waals surface area contributed by atoms with Crippen LogP contribution in [0.4, 0.5) is 5.95 Å². The van der Waals surface area contributed by atoms with Gasteiger partial charge in [0.2, 0.25) is 5.95 Å². The van der Waals surface area contributed by atoms with Crippen LogP contribution in [0.3, 0.4) is 0 Å². The number of rotatable bonds is 2. The monoisotopic (exact) mass is 325 g/mol. The molecule has 0 bridgehead atoms. The second-order valence-electron chi connectivity index (χ2n) is 7.98. The molecule has 2 heterocycles. The van der Waals surface area contributed by atoms with E-state index in [2.05, 4.69) is 48.9 Å². The summed E-state index contributed by atoms with van der Waals surface area (Å²) in [6.07, 6.45) is 5.64. The van der Waals surface area contributed by atoms with Crippen LogP contribution in [0.25, 0.3) is 11.0 Å². The first kappa shape index (κ1) is 15.5. The van der Waals surface area contributed by atoms with Gasteiger partial charge in [0.1, 0.15) is 5.66 Å². The lowest BCUT2D eigenvalue weighted by Gasteiger charge is -2.45. The van der Waals surface area contributed by atoms with E-state index in [-0.39, 0.29) is 5.66 Å². The van der Waals surface area contributed by atoms with Gasteiger partial charge in [0.25, 0.3) is 0 Å². The van der Waals surface area contributed by atoms with Gasteiger partial charge in [-0.05, 0) is 49.1 Å². The van der Waals surface area contributed by atoms with Crippen LogP contribution in [0.5, 0.6) is 0 Å². The summed E-state index contributed by atoms with van der Waals surface area (Å²) in [6.45, 7) is 7.09. The molecule has 0 amide bonds. The van der Waals surface area contributed by atoms with Crippen LogP contribution in [-0.2, 0) is 5.66 Å². The number of benzene rings is 1. The molecule has 2 aliphatic rings. The highest BCUT2D eigenvalue weighted by Gasteiger charge is 2.44. The number of aromatic nitrogens is 2. The first-order valence-corrected chi connectivity index (χ1v) is 9.05. The molecule has 1 spiro atoms. The zero-order chi connectivity index (χ0) is 16.9. The summed E-state index contributed by atoms with van der Waals surface area (Å²) in [5.41, 5.74) is 8.37. The molecule has 1 aliphatic heterocycles. The fraction of sp³-hybridized carbons (Fsp3) is 0.579. The number of aliphatic imine (C=N–C) groups is 1. The molecule has 0 unspecified atom stereocenters. The SMILES string of the molecule is CCC(C)(C)C1CCC2(CC1)N=C(N)Nc1nc3ccccc3n12. The van der Waals surface area contributed by atoms with Gasteiger partial charge in [-0.2, -0.15) is 0 Å². The van der Waals surface area contributed by atoms with Gasteiger partial charge >= 0.3 is 0 Å². The molecule has 0 atom stereocenters. The molecule has 1 saturated carbocycles. The second-order valence-corrected chi connectivity index (χ2v) is 7.98. The zero-order valence-electron chi connectivity index (χ0n) is 14.8. The third kappa shape index (κ3) is 2.21. The number of anilines is 1. The summed E-state index contributed by atoms with van der Waals surface area (Å²) in [4.78, 5) is 9.61. The van der Waals surface area contributed by atoms with Gasteiger partial charge in [-0.3, -0.25) is 9.88 Å². The van der Waals surface area contributed by atoms with Crippen molar-refractivity contribution < 1.29 is 0 Å². The average Bonchev–Trinajstić information content (AvgIpc) is 2.94. The van der Waals surface area contributed by atoms with Crippen LogP contribution >= 0.6 is 0 Å². The lowest BCUT2D eigenvalue weighted by molar-refractivity contribution is 0.0873. The van der Waals surface area contributed by atoms with Gasteiger partial charge in [-0.15, -0.1) is 0 Å². The first-order chi connectivity index (χ1) is 11.5. The number of nitrogens with one attached hydrogen (secondary N) is 1. The number of nitrogens with two attached hydrogens (primary N) is 1. The number of hydrogen-bond donors (Lipinski definition) is 2. The Kier molecular flexibility index (Phi) is 3.37. The molecule has 1 aromatic heterocycles. The molecule has 5 nitrogen and oxygen atoms in total. The van der Waals surface area contributed by atoms with Crippen molar-refractivity contribution >= 4 is 22.9 Å². The highest BCUT2D eigenvalue weighted by atomic mass is 15.4. The van der Waals surface area contributed by atoms with Gasteiger partial charge in [-0.1, -0.05) is 39.3 Å². The standard InChI is InChI=1S/C19H27N5/c1-4-18(2,3)13-9-11-19(12-10-13)23-16(20)22-17-21-14-7-5-6-8-15(14)24(17)19/h5-8,13H,4,9-12H2,1-3H3,(H3,20,21,22,23). The maximum atomic E-state index is 6.11. The van der Waals surface area contributed by atoms with Crippen LogP contribution in [0.2, 0.25) is 0 Å². The summed E-state index contributed by atoms with van der Waals surface area (Å²) in [5.74, 6) is 2.07. The Hall–Kier alpha value is -2.04. The third-order valence-electron chi connectivity index (χ3n) is 6.35. The summed E-state index contributed by atoms with van der Waals surface area (Å²) in [5, 5.41) is 3.15. The van der Waals surface area contributed by atoms with Crippen molar-refractivity contribution in [3.63, 3.8) is 0 Å². The van der Waals surface area contributed by atoms with E-state index < -0.39 is 0 Å². The molecule has 2 aromatic rings. The number of fused-ring (bicyclic) bond motifs is 4. The molecule has 0 radical (unpaired) electrons. The van der Waals surface area contributed by atoms with Gasteiger partial charge in [0.15, 0.2) is 5.96 Å². The van der Waals surface area contributed by atoms with Crippen LogP contribution in [0.15, 0.2) is 29.3 Å². The van der Waals surface area contributed by atoms with E-state index >= 15 is 0 Å². The quantitative estimate of drug-likeness (QED) is 0.875. The summed E-state index contributed by atoms with van der Waals surface area (Å²) < 4.78 is 2.29. The minimum Gasteiger partial charge on any atom is -0.370 e. The molecule has 24 heavy (non-hydrogen) atoms. The number of guanidine groups is 1. The van der Waals surface area contributed by atoms with Crippen molar-refractivity contribution in [2.75, 3.05) is 5.32 Å². The Balaban J connectivity index is 1.75. The zero-order valence-corrected chi connectivity index (χ0v) is 14.8. The highest BCUT2D eigenvalue weighted by molar-refractivity contribution is 5.94. The van der Waals surface area contributed by atoms with Crippen molar-refractivity contribution in [1.29, 1.82) is 0 Å². The Morgan fingerprint density at radius 3 is 2.71 bits per heavy atom. The van der Waals surface area contributed by atoms with E-state index in [9.17, 15) is 0 Å². The fourth-order valence-electron chi connectivity index (χ4n) is 4.43. The molecule has 1 aromatic carbocycles. The van der Waals surface area contributed by atoms with Crippen LogP contribution in [-0.4, -0.2) is 15.5 Å². The Labute approximate surface area is 143 Å². The van der Waals surface area contributed by atoms with Gasteiger partial charge in [0, 0.05) is 0 Å². The molecule has 128 valence electrons. The Morgan fingerprint density at radius 2 is 2.00 bits per heavy atom. The van der Waals surface area contributed by atoms with Crippen molar-refractivity contribution in [2.45, 2.75) is 58.5 Å². The largest absolute Gasteiger partial charge is 0.370 e. The smallest absolute Gasteiger partial charge is 0.212 e. The summed E-state index contributed by atoms with van der Waals surface area (Å²) >= 11 is 0. The topological polar surface area (TPSA) is 68.2 Å². The minimum atomic E-state index is -0.277. The van der Waals surface area contributed by atoms with Crippen molar-refractivity contribution in [3.8, 4) is 0 Å². The Bertz CT molecular complexity index is 793. The first-order valence-electron chi connectivity index (χ1n) is 9.05. The van der Waals surface area contributed by atoms with E-state index in [0.29, 0.717) is 11.4 Å². The van der Waals surface area contributed by atoms with Crippen LogP contribution < -0.4 is 11.1 Å². The molecule has 3 N–H and O–H groups in total. The Morgan fingerprint density at radius 1 is 1.29 bits per heavy atom. The average molecular weight is 325 g/mol. The summed E-state index contributed by atoms with van der Waals surface area (Å²) in [6, 6.07) is 8.28. The number of nitrogens with zero attached hydrogens (tertiary/aromatic N) is 3. The molecular formula is C19H27N5. The van der Waals surface area contributed by atoms with Gasteiger partial charge < -0.3 is 5.73 Å². The van der Waals surface area contributed by atoms with Crippen molar-refractivity contribution in [2.24, 2.45) is 22.1 Å². The molecule has 1 aliphatic carbocycles. The van der Waals surface area contributed by atoms with Crippen molar-refractivity contribution in [3.05, 3.63) is 24.3 Å². The number of imidazole rings is 1. The maximum Gasteiger partial charge on any atom is 0.212 e. The second kappa shape index (κ2) is 5.23.